The average molecular weight is 432 g/mol. The molecule has 1 amide bonds. The molecule has 6 nitrogen and oxygen atoms in total. The molecule has 1 atom stereocenters. The molecular formula is C23H33N3O3S. The number of hydrogen-bond acceptors (Lipinski definition) is 4. The molecule has 1 saturated heterocycles. The molecule has 2 heterocycles. The molecule has 1 aromatic rings. The molecule has 0 unspecified atom stereocenters. The molecule has 3 rings (SSSR count). The zero-order chi connectivity index (χ0) is 22.1. The molecule has 1 aromatic carbocycles. The monoisotopic (exact) mass is 431 g/mol. The Labute approximate surface area is 180 Å². The molecule has 0 saturated carbocycles. The quantitative estimate of drug-likeness (QED) is 0.726. The van der Waals surface area contributed by atoms with Crippen LogP contribution < -0.4 is 0 Å². The molecule has 0 bridgehead atoms. The molecule has 0 radical (unpaired) electrons. The summed E-state index contributed by atoms with van der Waals surface area (Å²) >= 11 is 0. The lowest BCUT2D eigenvalue weighted by Crippen LogP contribution is -2.39. The average Bonchev–Trinajstić information content (AvgIpc) is 2.87. The summed E-state index contributed by atoms with van der Waals surface area (Å²) in [5.41, 5.74) is 2.54. The van der Waals surface area contributed by atoms with Crippen LogP contribution in [0.15, 0.2) is 34.2 Å². The molecule has 0 aliphatic carbocycles. The minimum absolute atomic E-state index is 0.0165. The summed E-state index contributed by atoms with van der Waals surface area (Å²) in [6, 6.07) is 7.72. The first-order valence-corrected chi connectivity index (χ1v) is 12.3. The van der Waals surface area contributed by atoms with E-state index in [2.05, 4.69) is 18.2 Å². The van der Waals surface area contributed by atoms with Crippen molar-refractivity contribution in [3.8, 4) is 0 Å². The van der Waals surface area contributed by atoms with Crippen LogP contribution in [0.1, 0.15) is 64.5 Å². The topological polar surface area (TPSA) is 70.1 Å². The van der Waals surface area contributed by atoms with Gasteiger partial charge in [0.1, 0.15) is 10.7 Å². The summed E-state index contributed by atoms with van der Waals surface area (Å²) in [6.07, 6.45) is 1.62. The standard InChI is InChI=1S/C23H33N3O3S/c1-6-17(4)23(27)26-13-7-12-25(14-15-26)22-18(5)21(30(28,29)24-22)20-10-8-19(9-11-20)16(2)3/h8-11,16-17H,6-7,12-15H2,1-5H3/t17-/m0/s1. The fraction of sp³-hybridized carbons (Fsp3) is 0.565. The molecule has 0 aromatic heterocycles. The van der Waals surface area contributed by atoms with Gasteiger partial charge in [-0.05, 0) is 36.8 Å². The van der Waals surface area contributed by atoms with E-state index in [-0.39, 0.29) is 11.8 Å². The lowest BCUT2D eigenvalue weighted by molar-refractivity contribution is -0.134. The van der Waals surface area contributed by atoms with E-state index in [9.17, 15) is 13.2 Å². The van der Waals surface area contributed by atoms with Gasteiger partial charge in [-0.15, -0.1) is 4.40 Å². The Morgan fingerprint density at radius 3 is 2.33 bits per heavy atom. The molecule has 30 heavy (non-hydrogen) atoms. The molecule has 2 aliphatic heterocycles. The molecular weight excluding hydrogens is 398 g/mol. The van der Waals surface area contributed by atoms with Crippen LogP contribution in [0.4, 0.5) is 0 Å². The maximum Gasteiger partial charge on any atom is 0.285 e. The van der Waals surface area contributed by atoms with Crippen LogP contribution in [-0.4, -0.2) is 56.1 Å². The SMILES string of the molecule is CC[C@H](C)C(=O)N1CCCN(C2=NS(=O)(=O)C(c3ccc(C(C)C)cc3)=C2C)CC1. The summed E-state index contributed by atoms with van der Waals surface area (Å²) in [5.74, 6) is 1.11. The number of sulfonamides is 1. The van der Waals surface area contributed by atoms with Crippen molar-refractivity contribution in [1.29, 1.82) is 0 Å². The van der Waals surface area contributed by atoms with Crippen molar-refractivity contribution in [2.45, 2.75) is 53.4 Å². The Morgan fingerprint density at radius 2 is 1.73 bits per heavy atom. The second-order valence-corrected chi connectivity index (χ2v) is 10.1. The van der Waals surface area contributed by atoms with Gasteiger partial charge >= 0.3 is 0 Å². The maximum absolute atomic E-state index is 12.9. The number of benzene rings is 1. The van der Waals surface area contributed by atoms with Crippen LogP contribution in [0.2, 0.25) is 0 Å². The highest BCUT2D eigenvalue weighted by atomic mass is 32.2. The van der Waals surface area contributed by atoms with E-state index in [1.54, 1.807) is 0 Å². The number of carbonyl (C=O) groups is 1. The third kappa shape index (κ3) is 4.46. The summed E-state index contributed by atoms with van der Waals surface area (Å²) in [7, 11) is -3.73. The van der Waals surface area contributed by atoms with Gasteiger partial charge in [0.25, 0.3) is 10.0 Å². The van der Waals surface area contributed by atoms with Crippen molar-refractivity contribution in [2.75, 3.05) is 26.2 Å². The minimum Gasteiger partial charge on any atom is -0.354 e. The van der Waals surface area contributed by atoms with E-state index in [0.717, 1.165) is 12.8 Å². The van der Waals surface area contributed by atoms with E-state index in [1.807, 2.05) is 54.8 Å². The third-order valence-electron chi connectivity index (χ3n) is 6.12. The number of nitrogens with zero attached hydrogens (tertiary/aromatic N) is 3. The first-order chi connectivity index (χ1) is 14.2. The molecule has 0 N–H and O–H groups in total. The van der Waals surface area contributed by atoms with Gasteiger partial charge in [0.2, 0.25) is 5.91 Å². The van der Waals surface area contributed by atoms with Crippen LogP contribution in [0, 0.1) is 5.92 Å². The lowest BCUT2D eigenvalue weighted by atomic mass is 10.0. The van der Waals surface area contributed by atoms with Crippen LogP contribution in [0.5, 0.6) is 0 Å². The summed E-state index contributed by atoms with van der Waals surface area (Å²) in [5, 5.41) is 0. The first kappa shape index (κ1) is 22.5. The second-order valence-electron chi connectivity index (χ2n) is 8.60. The number of hydrogen-bond donors (Lipinski definition) is 0. The Hall–Kier alpha value is -2.15. The fourth-order valence-corrected chi connectivity index (χ4v) is 5.52. The van der Waals surface area contributed by atoms with Crippen LogP contribution in [0.3, 0.4) is 0 Å². The van der Waals surface area contributed by atoms with E-state index in [0.29, 0.717) is 54.0 Å². The summed E-state index contributed by atoms with van der Waals surface area (Å²) in [6.45, 7) is 12.6. The first-order valence-electron chi connectivity index (χ1n) is 10.9. The van der Waals surface area contributed by atoms with Crippen LogP contribution >= 0.6 is 0 Å². The molecule has 1 fully saturated rings. The highest BCUT2D eigenvalue weighted by Crippen LogP contribution is 2.34. The Morgan fingerprint density at radius 1 is 1.07 bits per heavy atom. The highest BCUT2D eigenvalue weighted by Gasteiger charge is 2.34. The van der Waals surface area contributed by atoms with E-state index < -0.39 is 10.0 Å². The molecule has 7 heteroatoms. The van der Waals surface area contributed by atoms with Crippen molar-refractivity contribution >= 4 is 26.7 Å². The molecule has 164 valence electrons. The molecule has 0 spiro atoms. The summed E-state index contributed by atoms with van der Waals surface area (Å²) in [4.78, 5) is 16.8. The minimum atomic E-state index is -3.73. The zero-order valence-electron chi connectivity index (χ0n) is 18.7. The Kier molecular flexibility index (Phi) is 6.70. The summed E-state index contributed by atoms with van der Waals surface area (Å²) < 4.78 is 29.9. The van der Waals surface area contributed by atoms with Crippen molar-refractivity contribution in [3.05, 3.63) is 41.0 Å². The van der Waals surface area contributed by atoms with Gasteiger partial charge in [-0.3, -0.25) is 4.79 Å². The largest absolute Gasteiger partial charge is 0.354 e. The molecule has 2 aliphatic rings. The van der Waals surface area contributed by atoms with Crippen LogP contribution in [0.25, 0.3) is 4.91 Å². The van der Waals surface area contributed by atoms with Gasteiger partial charge in [0.05, 0.1) is 0 Å². The predicted molar refractivity (Wildman–Crippen MR) is 122 cm³/mol. The van der Waals surface area contributed by atoms with Crippen molar-refractivity contribution in [3.63, 3.8) is 0 Å². The van der Waals surface area contributed by atoms with Gasteiger partial charge in [-0.1, -0.05) is 52.0 Å². The van der Waals surface area contributed by atoms with Crippen molar-refractivity contribution < 1.29 is 13.2 Å². The fourth-order valence-electron chi connectivity index (χ4n) is 4.04. The number of amidine groups is 1. The lowest BCUT2D eigenvalue weighted by Gasteiger charge is -2.25. The van der Waals surface area contributed by atoms with Gasteiger partial charge in [0, 0.05) is 37.7 Å². The Bertz CT molecular complexity index is 962. The number of carbonyl (C=O) groups excluding carboxylic acids is 1. The van der Waals surface area contributed by atoms with E-state index in [4.69, 9.17) is 0 Å². The van der Waals surface area contributed by atoms with Crippen molar-refractivity contribution in [2.24, 2.45) is 10.3 Å². The van der Waals surface area contributed by atoms with Gasteiger partial charge in [-0.25, -0.2) is 0 Å². The van der Waals surface area contributed by atoms with Gasteiger partial charge in [0.15, 0.2) is 0 Å². The van der Waals surface area contributed by atoms with E-state index >= 15 is 0 Å². The Balaban J connectivity index is 1.84. The van der Waals surface area contributed by atoms with Crippen molar-refractivity contribution in [1.82, 2.24) is 9.80 Å². The normalized spacial score (nSPS) is 20.4. The highest BCUT2D eigenvalue weighted by molar-refractivity contribution is 8.00. The smallest absolute Gasteiger partial charge is 0.285 e. The number of rotatable bonds is 4. The third-order valence-corrected chi connectivity index (χ3v) is 7.59. The van der Waals surface area contributed by atoms with Gasteiger partial charge in [-0.2, -0.15) is 8.42 Å². The van der Waals surface area contributed by atoms with E-state index in [1.165, 1.54) is 5.56 Å². The predicted octanol–water partition coefficient (Wildman–Crippen LogP) is 3.86. The van der Waals surface area contributed by atoms with Gasteiger partial charge < -0.3 is 9.80 Å². The zero-order valence-corrected chi connectivity index (χ0v) is 19.5. The van der Waals surface area contributed by atoms with Crippen LogP contribution in [-0.2, 0) is 14.8 Å². The second kappa shape index (κ2) is 8.92. The number of amides is 1. The maximum atomic E-state index is 12.9.